The number of hydrazone groups is 1. The molecule has 1 saturated carbocycles. The molecule has 15 heteroatoms. The predicted molar refractivity (Wildman–Crippen MR) is 138 cm³/mol. The molecule has 2 aliphatic heterocycles. The standard InChI is InChI=1S/C25H25ClF6N4O3S/c26-20-4-2-1-3-19(20)21-15-22(23(37,24(27,28)29)25(30,31)32)33-36(21)17-7-5-16(6-8-17)34-11-13-35(14-12-34)40(38,39)18-9-10-18/h1-8,18,21,37H,9-15H2. The van der Waals surface area contributed by atoms with Crippen LogP contribution in [0, 0.1) is 0 Å². The molecule has 5 rings (SSSR count). The summed E-state index contributed by atoms with van der Waals surface area (Å²) in [4.78, 5) is 1.94. The number of hydrogen-bond acceptors (Lipinski definition) is 6. The monoisotopic (exact) mass is 610 g/mol. The van der Waals surface area contributed by atoms with E-state index in [1.807, 2.05) is 4.90 Å². The van der Waals surface area contributed by atoms with Crippen LogP contribution in [0.3, 0.4) is 0 Å². The summed E-state index contributed by atoms with van der Waals surface area (Å²) in [5.74, 6) is 0. The maximum atomic E-state index is 13.7. The van der Waals surface area contributed by atoms with Crippen LogP contribution in [0.15, 0.2) is 53.6 Å². The van der Waals surface area contributed by atoms with Gasteiger partial charge in [-0.05, 0) is 48.7 Å². The molecule has 1 saturated heterocycles. The van der Waals surface area contributed by atoms with Crippen LogP contribution in [0.25, 0.3) is 0 Å². The molecule has 7 nitrogen and oxygen atoms in total. The minimum absolute atomic E-state index is 0.118. The molecule has 218 valence electrons. The number of sulfonamides is 1. The first kappa shape index (κ1) is 29.0. The number of nitrogens with zero attached hydrogens (tertiary/aromatic N) is 4. The topological polar surface area (TPSA) is 76.5 Å². The maximum Gasteiger partial charge on any atom is 0.431 e. The summed E-state index contributed by atoms with van der Waals surface area (Å²) in [6, 6.07) is 11.2. The number of piperazine rings is 1. The molecule has 2 heterocycles. The van der Waals surface area contributed by atoms with Crippen LogP contribution >= 0.6 is 11.6 Å². The lowest BCUT2D eigenvalue weighted by Crippen LogP contribution is -2.62. The quantitative estimate of drug-likeness (QED) is 0.460. The number of hydrogen-bond donors (Lipinski definition) is 1. The normalized spacial score (nSPS) is 21.6. The van der Waals surface area contributed by atoms with Crippen molar-refractivity contribution in [2.75, 3.05) is 36.1 Å². The second-order valence-corrected chi connectivity index (χ2v) is 12.6. The third-order valence-electron chi connectivity index (χ3n) is 7.44. The zero-order valence-electron chi connectivity index (χ0n) is 20.8. The predicted octanol–water partition coefficient (Wildman–Crippen LogP) is 5.12. The number of anilines is 2. The van der Waals surface area contributed by atoms with Crippen LogP contribution in [0.2, 0.25) is 5.02 Å². The molecule has 0 amide bonds. The first-order valence-corrected chi connectivity index (χ1v) is 14.3. The van der Waals surface area contributed by atoms with Gasteiger partial charge in [-0.25, -0.2) is 8.42 Å². The Bertz CT molecular complexity index is 1370. The number of rotatable bonds is 6. The van der Waals surface area contributed by atoms with E-state index in [4.69, 9.17) is 11.6 Å². The molecule has 40 heavy (non-hydrogen) atoms. The van der Waals surface area contributed by atoms with Crippen molar-refractivity contribution in [2.45, 2.75) is 48.5 Å². The van der Waals surface area contributed by atoms with Crippen molar-refractivity contribution in [2.24, 2.45) is 5.10 Å². The number of alkyl halides is 6. The second kappa shape index (κ2) is 10.1. The molecule has 0 aromatic heterocycles. The van der Waals surface area contributed by atoms with Gasteiger partial charge in [0.2, 0.25) is 10.0 Å². The third-order valence-corrected chi connectivity index (χ3v) is 10.2. The van der Waals surface area contributed by atoms with Gasteiger partial charge in [-0.2, -0.15) is 35.7 Å². The molecule has 1 N–H and O–H groups in total. The molecular formula is C25H25ClF6N4O3S. The van der Waals surface area contributed by atoms with Crippen LogP contribution in [0.5, 0.6) is 0 Å². The van der Waals surface area contributed by atoms with Crippen molar-refractivity contribution in [1.82, 2.24) is 4.31 Å². The summed E-state index contributed by atoms with van der Waals surface area (Å²) in [5.41, 5.74) is -5.51. The van der Waals surface area contributed by atoms with Crippen molar-refractivity contribution >= 4 is 38.7 Å². The number of aliphatic hydroxyl groups is 1. The zero-order valence-corrected chi connectivity index (χ0v) is 22.4. The number of benzene rings is 2. The summed E-state index contributed by atoms with van der Waals surface area (Å²) >= 11 is 6.25. The Labute approximate surface area is 231 Å². The first-order valence-electron chi connectivity index (χ1n) is 12.5. The SMILES string of the molecule is O=S(=O)(C1CC1)N1CCN(c2ccc(N3N=C(C(O)(C(F)(F)F)C(F)(F)F)CC3c3ccccc3Cl)cc2)CC1. The van der Waals surface area contributed by atoms with Gasteiger partial charge in [0, 0.05) is 43.3 Å². The van der Waals surface area contributed by atoms with Crippen molar-refractivity contribution in [3.63, 3.8) is 0 Å². The fourth-order valence-corrected chi connectivity index (χ4v) is 7.12. The molecule has 1 unspecified atom stereocenters. The van der Waals surface area contributed by atoms with Crippen LogP contribution in [0.4, 0.5) is 37.7 Å². The lowest BCUT2D eigenvalue weighted by molar-refractivity contribution is -0.338. The highest BCUT2D eigenvalue weighted by Gasteiger charge is 2.74. The van der Waals surface area contributed by atoms with E-state index in [1.165, 1.54) is 28.6 Å². The van der Waals surface area contributed by atoms with Crippen molar-refractivity contribution in [1.29, 1.82) is 0 Å². The van der Waals surface area contributed by atoms with Crippen molar-refractivity contribution in [3.05, 3.63) is 59.1 Å². The van der Waals surface area contributed by atoms with Gasteiger partial charge < -0.3 is 10.0 Å². The summed E-state index contributed by atoms with van der Waals surface area (Å²) in [7, 11) is -3.29. The summed E-state index contributed by atoms with van der Waals surface area (Å²) < 4.78 is 108. The summed E-state index contributed by atoms with van der Waals surface area (Å²) in [5, 5.41) is 14.5. The van der Waals surface area contributed by atoms with Gasteiger partial charge in [0.1, 0.15) is 0 Å². The Morgan fingerprint density at radius 3 is 1.93 bits per heavy atom. The zero-order chi connectivity index (χ0) is 29.1. The van der Waals surface area contributed by atoms with Crippen LogP contribution < -0.4 is 9.91 Å². The molecule has 0 bridgehead atoms. The van der Waals surface area contributed by atoms with E-state index in [9.17, 15) is 39.9 Å². The molecule has 0 spiro atoms. The molecule has 0 radical (unpaired) electrons. The first-order chi connectivity index (χ1) is 18.6. The highest BCUT2D eigenvalue weighted by atomic mass is 35.5. The van der Waals surface area contributed by atoms with E-state index < -0.39 is 46.2 Å². The van der Waals surface area contributed by atoms with E-state index >= 15 is 0 Å². The Kier molecular flexibility index (Phi) is 7.29. The van der Waals surface area contributed by atoms with Gasteiger partial charge in [-0.1, -0.05) is 29.8 Å². The van der Waals surface area contributed by atoms with E-state index in [1.54, 1.807) is 24.3 Å². The lowest BCUT2D eigenvalue weighted by atomic mass is 9.90. The molecule has 1 aliphatic carbocycles. The minimum Gasteiger partial charge on any atom is -0.369 e. The second-order valence-electron chi connectivity index (χ2n) is 9.99. The smallest absolute Gasteiger partial charge is 0.369 e. The van der Waals surface area contributed by atoms with Gasteiger partial charge >= 0.3 is 12.4 Å². The highest BCUT2D eigenvalue weighted by Crippen LogP contribution is 2.49. The molecule has 3 aliphatic rings. The van der Waals surface area contributed by atoms with Crippen molar-refractivity contribution in [3.8, 4) is 0 Å². The van der Waals surface area contributed by atoms with Crippen molar-refractivity contribution < 1.29 is 39.9 Å². The fraction of sp³-hybridized carbons (Fsp3) is 0.480. The average Bonchev–Trinajstić information content (AvgIpc) is 3.67. The molecule has 1 atom stereocenters. The van der Waals surface area contributed by atoms with Crippen LogP contribution in [0.1, 0.15) is 30.9 Å². The summed E-state index contributed by atoms with van der Waals surface area (Å²) in [6.45, 7) is 1.46. The van der Waals surface area contributed by atoms with E-state index in [-0.39, 0.29) is 21.5 Å². The van der Waals surface area contributed by atoms with E-state index in [0.29, 0.717) is 44.7 Å². The van der Waals surface area contributed by atoms with E-state index in [2.05, 4.69) is 5.10 Å². The van der Waals surface area contributed by atoms with Gasteiger partial charge in [0.05, 0.1) is 22.7 Å². The lowest BCUT2D eigenvalue weighted by Gasteiger charge is -2.35. The van der Waals surface area contributed by atoms with Gasteiger partial charge in [-0.15, -0.1) is 0 Å². The molecule has 2 fully saturated rings. The Balaban J connectivity index is 1.43. The highest BCUT2D eigenvalue weighted by molar-refractivity contribution is 7.90. The molecule has 2 aromatic rings. The maximum absolute atomic E-state index is 13.7. The van der Waals surface area contributed by atoms with Gasteiger partial charge in [0.25, 0.3) is 5.60 Å². The Morgan fingerprint density at radius 1 is 0.850 bits per heavy atom. The number of halogens is 7. The Hall–Kier alpha value is -2.55. The largest absolute Gasteiger partial charge is 0.431 e. The summed E-state index contributed by atoms with van der Waals surface area (Å²) in [6.07, 6.45) is -11.7. The minimum atomic E-state index is -6.07. The van der Waals surface area contributed by atoms with Crippen LogP contribution in [-0.4, -0.2) is 72.9 Å². The molecule has 2 aromatic carbocycles. The van der Waals surface area contributed by atoms with Gasteiger partial charge in [-0.3, -0.25) is 5.01 Å². The van der Waals surface area contributed by atoms with Gasteiger partial charge in [0.15, 0.2) is 0 Å². The van der Waals surface area contributed by atoms with E-state index in [0.717, 1.165) is 5.01 Å². The van der Waals surface area contributed by atoms with Crippen LogP contribution in [-0.2, 0) is 10.0 Å². The average molecular weight is 611 g/mol. The Morgan fingerprint density at radius 2 is 1.40 bits per heavy atom. The third kappa shape index (κ3) is 5.03. The fourth-order valence-electron chi connectivity index (χ4n) is 5.04. The molecular weight excluding hydrogens is 586 g/mol.